The molecule has 2 rings (SSSR count). The monoisotopic (exact) mass is 243 g/mol. The van der Waals surface area contributed by atoms with Gasteiger partial charge in [0.05, 0.1) is 12.6 Å². The minimum absolute atomic E-state index is 0.0301. The number of rotatable bonds is 1. The summed E-state index contributed by atoms with van der Waals surface area (Å²) in [4.78, 5) is 13.4. The van der Waals surface area contributed by atoms with Gasteiger partial charge in [-0.15, -0.1) is 0 Å². The Hall–Kier alpha value is -0.810. The van der Waals surface area contributed by atoms with Gasteiger partial charge < -0.3 is 14.2 Å². The fourth-order valence-electron chi connectivity index (χ4n) is 1.91. The van der Waals surface area contributed by atoms with E-state index in [9.17, 15) is 4.79 Å². The highest BCUT2D eigenvalue weighted by Gasteiger charge is 2.51. The van der Waals surface area contributed by atoms with E-state index in [2.05, 4.69) is 0 Å². The summed E-state index contributed by atoms with van der Waals surface area (Å²) in [5.74, 6) is -0.535. The van der Waals surface area contributed by atoms with Crippen molar-refractivity contribution in [2.45, 2.75) is 58.2 Å². The number of nitrogens with zero attached hydrogens (tertiary/aromatic N) is 1. The van der Waals surface area contributed by atoms with Gasteiger partial charge in [-0.2, -0.15) is 0 Å². The van der Waals surface area contributed by atoms with Crippen molar-refractivity contribution in [3.8, 4) is 0 Å². The van der Waals surface area contributed by atoms with Crippen molar-refractivity contribution in [3.05, 3.63) is 0 Å². The molecule has 0 N–H and O–H groups in total. The van der Waals surface area contributed by atoms with E-state index in [1.54, 1.807) is 4.90 Å². The Labute approximate surface area is 102 Å². The van der Waals surface area contributed by atoms with Crippen LogP contribution in [-0.2, 0) is 14.2 Å². The first kappa shape index (κ1) is 12.6. The summed E-state index contributed by atoms with van der Waals surface area (Å²) >= 11 is 0. The van der Waals surface area contributed by atoms with Crippen LogP contribution in [-0.4, -0.2) is 47.7 Å². The smallest absolute Gasteiger partial charge is 0.410 e. The van der Waals surface area contributed by atoms with Gasteiger partial charge in [-0.3, -0.25) is 4.90 Å². The maximum atomic E-state index is 11.8. The zero-order valence-corrected chi connectivity index (χ0v) is 11.1. The van der Waals surface area contributed by atoms with E-state index < -0.39 is 11.4 Å². The van der Waals surface area contributed by atoms with Crippen LogP contribution < -0.4 is 0 Å². The van der Waals surface area contributed by atoms with Crippen molar-refractivity contribution in [2.24, 2.45) is 0 Å². The lowest BCUT2D eigenvalue weighted by Crippen LogP contribution is -2.31. The van der Waals surface area contributed by atoms with Crippen LogP contribution in [0.4, 0.5) is 4.79 Å². The van der Waals surface area contributed by atoms with Crippen LogP contribution >= 0.6 is 0 Å². The van der Waals surface area contributed by atoms with Gasteiger partial charge in [0.15, 0.2) is 5.79 Å². The fraction of sp³-hybridized carbons (Fsp3) is 0.917. The molecule has 1 amide bonds. The number of hydrogen-bond acceptors (Lipinski definition) is 4. The summed E-state index contributed by atoms with van der Waals surface area (Å²) in [6.45, 7) is 10.6. The van der Waals surface area contributed by atoms with Crippen LogP contribution in [0.25, 0.3) is 0 Å². The summed E-state index contributed by atoms with van der Waals surface area (Å²) in [6, 6.07) is 0.103. The number of amides is 1. The van der Waals surface area contributed by atoms with E-state index in [1.807, 2.05) is 34.6 Å². The molecule has 0 aromatic heterocycles. The lowest BCUT2D eigenvalue weighted by atomic mass is 10.2. The molecular formula is C12H21NO4. The van der Waals surface area contributed by atoms with Gasteiger partial charge in [0, 0.05) is 6.54 Å². The van der Waals surface area contributed by atoms with E-state index in [4.69, 9.17) is 14.2 Å². The predicted molar refractivity (Wildman–Crippen MR) is 61.6 cm³/mol. The maximum Gasteiger partial charge on any atom is 0.410 e. The fourth-order valence-corrected chi connectivity index (χ4v) is 1.91. The largest absolute Gasteiger partial charge is 0.444 e. The minimum atomic E-state index is -0.535. The Balaban J connectivity index is 1.83. The molecule has 98 valence electrons. The molecule has 0 radical (unpaired) electrons. The van der Waals surface area contributed by atoms with Crippen LogP contribution in [0.2, 0.25) is 0 Å². The molecule has 5 nitrogen and oxygen atoms in total. The Kier molecular flexibility index (Phi) is 2.86. The van der Waals surface area contributed by atoms with Gasteiger partial charge in [-0.1, -0.05) is 0 Å². The van der Waals surface area contributed by atoms with E-state index >= 15 is 0 Å². The molecule has 0 bridgehead atoms. The summed E-state index contributed by atoms with van der Waals surface area (Å²) in [6.07, 6.45) is -0.298. The molecule has 2 saturated heterocycles. The second-order valence-corrected chi connectivity index (χ2v) is 6.07. The molecule has 2 heterocycles. The molecule has 0 spiro atoms. The SMILES string of the molecule is CC(C)(C)OC(=O)N1C[C@H]1[C@@H]1COC(C)(C)O1. The minimum Gasteiger partial charge on any atom is -0.444 e. The van der Waals surface area contributed by atoms with Crippen molar-refractivity contribution < 1.29 is 19.0 Å². The molecule has 2 fully saturated rings. The summed E-state index contributed by atoms with van der Waals surface area (Å²) in [5.41, 5.74) is -0.448. The lowest BCUT2D eigenvalue weighted by Gasteiger charge is -2.21. The van der Waals surface area contributed by atoms with Gasteiger partial charge in [-0.25, -0.2) is 4.79 Å². The van der Waals surface area contributed by atoms with Crippen molar-refractivity contribution in [3.63, 3.8) is 0 Å². The molecular weight excluding hydrogens is 222 g/mol. The van der Waals surface area contributed by atoms with E-state index in [0.29, 0.717) is 13.2 Å². The summed E-state index contributed by atoms with van der Waals surface area (Å²) in [5, 5.41) is 0. The van der Waals surface area contributed by atoms with Crippen molar-refractivity contribution in [2.75, 3.05) is 13.2 Å². The third-order valence-electron chi connectivity index (χ3n) is 2.74. The zero-order chi connectivity index (χ0) is 12.8. The molecule has 17 heavy (non-hydrogen) atoms. The Morgan fingerprint density at radius 3 is 2.53 bits per heavy atom. The first-order valence-corrected chi connectivity index (χ1v) is 5.99. The molecule has 0 aliphatic carbocycles. The number of carbonyl (C=O) groups excluding carboxylic acids is 1. The molecule has 0 aromatic carbocycles. The van der Waals surface area contributed by atoms with Crippen molar-refractivity contribution >= 4 is 6.09 Å². The predicted octanol–water partition coefficient (Wildman–Crippen LogP) is 1.76. The number of carbonyl (C=O) groups is 1. The Bertz CT molecular complexity index is 321. The van der Waals surface area contributed by atoms with Gasteiger partial charge in [0.25, 0.3) is 0 Å². The van der Waals surface area contributed by atoms with E-state index in [1.165, 1.54) is 0 Å². The molecule has 2 aliphatic rings. The molecule has 0 saturated carbocycles. The second-order valence-electron chi connectivity index (χ2n) is 6.07. The highest BCUT2D eigenvalue weighted by atomic mass is 16.7. The van der Waals surface area contributed by atoms with Crippen LogP contribution in [0.1, 0.15) is 34.6 Å². The normalized spacial score (nSPS) is 31.5. The third-order valence-corrected chi connectivity index (χ3v) is 2.74. The molecule has 0 unspecified atom stereocenters. The first-order valence-electron chi connectivity index (χ1n) is 5.99. The summed E-state index contributed by atoms with van der Waals surface area (Å²) in [7, 11) is 0. The third kappa shape index (κ3) is 3.10. The van der Waals surface area contributed by atoms with Gasteiger partial charge >= 0.3 is 6.09 Å². The highest BCUT2D eigenvalue weighted by Crippen LogP contribution is 2.33. The van der Waals surface area contributed by atoms with Crippen LogP contribution in [0, 0.1) is 0 Å². The quantitative estimate of drug-likeness (QED) is 0.658. The second kappa shape index (κ2) is 3.85. The summed E-state index contributed by atoms with van der Waals surface area (Å²) < 4.78 is 16.5. The Morgan fingerprint density at radius 1 is 1.41 bits per heavy atom. The molecule has 2 aliphatic heterocycles. The molecule has 5 heteroatoms. The first-order chi connectivity index (χ1) is 7.68. The maximum absolute atomic E-state index is 11.8. The zero-order valence-electron chi connectivity index (χ0n) is 11.1. The Morgan fingerprint density at radius 2 is 2.06 bits per heavy atom. The van der Waals surface area contributed by atoms with Crippen LogP contribution in [0.15, 0.2) is 0 Å². The average Bonchev–Trinajstić information content (AvgIpc) is 2.83. The number of ether oxygens (including phenoxy) is 3. The molecule has 2 atom stereocenters. The highest BCUT2D eigenvalue weighted by molar-refractivity contribution is 5.71. The van der Waals surface area contributed by atoms with Gasteiger partial charge in [0.2, 0.25) is 0 Å². The topological polar surface area (TPSA) is 47.8 Å². The van der Waals surface area contributed by atoms with Crippen LogP contribution in [0.5, 0.6) is 0 Å². The van der Waals surface area contributed by atoms with Crippen LogP contribution in [0.3, 0.4) is 0 Å². The molecule has 0 aromatic rings. The van der Waals surface area contributed by atoms with Crippen molar-refractivity contribution in [1.82, 2.24) is 4.90 Å². The van der Waals surface area contributed by atoms with E-state index in [-0.39, 0.29) is 18.2 Å². The van der Waals surface area contributed by atoms with Crippen molar-refractivity contribution in [1.29, 1.82) is 0 Å². The van der Waals surface area contributed by atoms with Gasteiger partial charge in [0.1, 0.15) is 11.7 Å². The number of hydrogen-bond donors (Lipinski definition) is 0. The van der Waals surface area contributed by atoms with Gasteiger partial charge in [-0.05, 0) is 34.6 Å². The lowest BCUT2D eigenvalue weighted by molar-refractivity contribution is -0.139. The van der Waals surface area contributed by atoms with E-state index in [0.717, 1.165) is 0 Å². The average molecular weight is 243 g/mol. The standard InChI is InChI=1S/C12H21NO4/c1-11(2,3)17-10(14)13-6-8(13)9-7-15-12(4,5)16-9/h8-9H,6-7H2,1-5H3/t8-,9-,13?/m0/s1.